The Morgan fingerprint density at radius 3 is 2.66 bits per heavy atom. The third-order valence-corrected chi connectivity index (χ3v) is 8.12. The van der Waals surface area contributed by atoms with Gasteiger partial charge in [-0.3, -0.25) is 4.98 Å². The number of likely N-dealkylation sites (tertiary alicyclic amines) is 1. The van der Waals surface area contributed by atoms with Gasteiger partial charge in [-0.15, -0.1) is 11.8 Å². The summed E-state index contributed by atoms with van der Waals surface area (Å²) >= 11 is 1.77. The molecule has 0 amide bonds. The van der Waals surface area contributed by atoms with E-state index < -0.39 is 6.10 Å². The van der Waals surface area contributed by atoms with E-state index in [4.69, 9.17) is 4.74 Å². The lowest BCUT2D eigenvalue weighted by atomic mass is 9.74. The van der Waals surface area contributed by atoms with Crippen LogP contribution in [0.3, 0.4) is 0 Å². The molecular formula is C27H35N3O4S. The maximum absolute atomic E-state index is 11.2. The molecule has 1 aromatic carbocycles. The summed E-state index contributed by atoms with van der Waals surface area (Å²) in [5.41, 5.74) is 1.89. The summed E-state index contributed by atoms with van der Waals surface area (Å²) in [7, 11) is 1.61. The van der Waals surface area contributed by atoms with Crippen molar-refractivity contribution in [1.29, 1.82) is 0 Å². The molecule has 3 N–H and O–H groups in total. The first kappa shape index (κ1) is 25.9. The molecule has 0 aliphatic carbocycles. The second kappa shape index (κ2) is 12.1. The van der Waals surface area contributed by atoms with E-state index in [1.807, 2.05) is 42.6 Å². The van der Waals surface area contributed by atoms with Gasteiger partial charge >= 0.3 is 0 Å². The zero-order valence-corrected chi connectivity index (χ0v) is 21.1. The second-order valence-electron chi connectivity index (χ2n) is 9.31. The van der Waals surface area contributed by atoms with Crippen LogP contribution >= 0.6 is 11.8 Å². The average Bonchev–Trinajstić information content (AvgIpc) is 2.92. The Kier molecular flexibility index (Phi) is 8.97. The van der Waals surface area contributed by atoms with Gasteiger partial charge in [-0.05, 0) is 80.1 Å². The van der Waals surface area contributed by atoms with Gasteiger partial charge in [0.25, 0.3) is 0 Å². The second-order valence-corrected chi connectivity index (χ2v) is 10.4. The molecule has 1 fully saturated rings. The molecule has 0 spiro atoms. The highest BCUT2D eigenvalue weighted by Crippen LogP contribution is 2.40. The number of ether oxygens (including phenoxy) is 1. The van der Waals surface area contributed by atoms with Crippen molar-refractivity contribution in [3.63, 3.8) is 0 Å². The van der Waals surface area contributed by atoms with Crippen LogP contribution in [0.2, 0.25) is 0 Å². The van der Waals surface area contributed by atoms with Crippen LogP contribution in [0.4, 0.5) is 0 Å². The number of rotatable bonds is 11. The molecule has 3 aromatic rings. The first-order valence-corrected chi connectivity index (χ1v) is 13.2. The highest BCUT2D eigenvalue weighted by Gasteiger charge is 2.34. The van der Waals surface area contributed by atoms with Gasteiger partial charge < -0.3 is 25.0 Å². The van der Waals surface area contributed by atoms with E-state index in [0.29, 0.717) is 23.3 Å². The summed E-state index contributed by atoms with van der Waals surface area (Å²) < 4.78 is 5.37. The van der Waals surface area contributed by atoms with Crippen molar-refractivity contribution in [2.75, 3.05) is 39.1 Å². The molecule has 0 saturated carbocycles. The number of piperidine rings is 1. The van der Waals surface area contributed by atoms with Crippen LogP contribution in [0.5, 0.6) is 5.75 Å². The van der Waals surface area contributed by atoms with E-state index >= 15 is 0 Å². The lowest BCUT2D eigenvalue weighted by Gasteiger charge is -2.41. The van der Waals surface area contributed by atoms with Crippen molar-refractivity contribution < 1.29 is 20.1 Å². The van der Waals surface area contributed by atoms with Gasteiger partial charge in [0.2, 0.25) is 0 Å². The van der Waals surface area contributed by atoms with Crippen LogP contribution in [0, 0.1) is 5.41 Å². The number of fused-ring (bicyclic) bond motifs is 1. The Morgan fingerprint density at radius 1 is 1.14 bits per heavy atom. The molecule has 0 bridgehead atoms. The molecule has 8 heteroatoms. The zero-order chi connectivity index (χ0) is 24.7. The molecule has 7 nitrogen and oxygen atoms in total. The van der Waals surface area contributed by atoms with Gasteiger partial charge in [-0.1, -0.05) is 6.07 Å². The Balaban J connectivity index is 1.36. The Hall–Kier alpha value is -2.23. The Morgan fingerprint density at radius 2 is 1.97 bits per heavy atom. The largest absolute Gasteiger partial charge is 0.497 e. The number of aromatic nitrogens is 2. The van der Waals surface area contributed by atoms with E-state index in [9.17, 15) is 15.3 Å². The highest BCUT2D eigenvalue weighted by molar-refractivity contribution is 7.99. The van der Waals surface area contributed by atoms with Crippen LogP contribution < -0.4 is 4.74 Å². The molecule has 1 saturated heterocycles. The van der Waals surface area contributed by atoms with Gasteiger partial charge in [0.1, 0.15) is 5.75 Å². The first-order valence-electron chi connectivity index (χ1n) is 12.2. The van der Waals surface area contributed by atoms with E-state index in [-0.39, 0.29) is 18.6 Å². The lowest BCUT2D eigenvalue weighted by Crippen LogP contribution is -2.43. The monoisotopic (exact) mass is 497 g/mol. The van der Waals surface area contributed by atoms with Crippen molar-refractivity contribution in [3.05, 3.63) is 59.9 Å². The van der Waals surface area contributed by atoms with Gasteiger partial charge in [-0.25, -0.2) is 4.98 Å². The predicted octanol–water partition coefficient (Wildman–Crippen LogP) is 3.81. The molecule has 3 heterocycles. The molecular weight excluding hydrogens is 462 g/mol. The molecule has 188 valence electrons. The minimum absolute atomic E-state index is 0.119. The molecule has 0 unspecified atom stereocenters. The van der Waals surface area contributed by atoms with E-state index in [1.54, 1.807) is 25.1 Å². The normalized spacial score (nSPS) is 16.9. The summed E-state index contributed by atoms with van der Waals surface area (Å²) in [5.74, 6) is 1.67. The van der Waals surface area contributed by atoms with Crippen LogP contribution in [0.1, 0.15) is 42.9 Å². The quantitative estimate of drug-likeness (QED) is 0.344. The van der Waals surface area contributed by atoms with Crippen molar-refractivity contribution >= 4 is 22.7 Å². The first-order chi connectivity index (χ1) is 17.1. The average molecular weight is 498 g/mol. The van der Waals surface area contributed by atoms with Gasteiger partial charge in [0.15, 0.2) is 0 Å². The van der Waals surface area contributed by atoms with Crippen LogP contribution in [0.15, 0.2) is 53.8 Å². The molecule has 2 aromatic heterocycles. The number of hydrogen-bond donors (Lipinski definition) is 3. The van der Waals surface area contributed by atoms with Crippen LogP contribution in [-0.2, 0) is 6.61 Å². The Bertz CT molecular complexity index is 1090. The van der Waals surface area contributed by atoms with Crippen molar-refractivity contribution in [3.8, 4) is 5.75 Å². The molecule has 1 aliphatic rings. The molecule has 0 radical (unpaired) electrons. The maximum atomic E-state index is 11.2. The zero-order valence-electron chi connectivity index (χ0n) is 20.3. The number of nitrogens with zero attached hydrogens (tertiary/aromatic N) is 3. The summed E-state index contributed by atoms with van der Waals surface area (Å²) in [6.07, 6.45) is 5.74. The molecule has 4 rings (SSSR count). The van der Waals surface area contributed by atoms with E-state index in [0.717, 1.165) is 60.6 Å². The van der Waals surface area contributed by atoms with Gasteiger partial charge in [0, 0.05) is 42.2 Å². The van der Waals surface area contributed by atoms with Gasteiger partial charge in [-0.2, -0.15) is 0 Å². The number of aliphatic hydroxyl groups excluding tert-OH is 3. The third-order valence-electron chi connectivity index (χ3n) is 7.20. The van der Waals surface area contributed by atoms with Crippen LogP contribution in [-0.4, -0.2) is 69.3 Å². The Labute approximate surface area is 211 Å². The number of thioether (sulfide) groups is 1. The van der Waals surface area contributed by atoms with Gasteiger partial charge in [0.05, 0.1) is 30.4 Å². The van der Waals surface area contributed by atoms with E-state index in [2.05, 4.69) is 14.9 Å². The SMILES string of the molecule is COc1ccc2ncc(CO)c([C@@H](O)CCC3(CO)CCN(CCSc4ccccn4)CC3)c2c1. The number of aliphatic hydroxyl groups is 3. The fourth-order valence-corrected chi connectivity index (χ4v) is 5.79. The summed E-state index contributed by atoms with van der Waals surface area (Å²) in [4.78, 5) is 11.2. The van der Waals surface area contributed by atoms with Crippen molar-refractivity contribution in [2.45, 2.75) is 43.4 Å². The topological polar surface area (TPSA) is 98.9 Å². The van der Waals surface area contributed by atoms with Crippen LogP contribution in [0.25, 0.3) is 10.9 Å². The van der Waals surface area contributed by atoms with E-state index in [1.165, 1.54) is 0 Å². The number of methoxy groups -OCH3 is 1. The fraction of sp³-hybridized carbons (Fsp3) is 0.481. The molecule has 1 aliphatic heterocycles. The van der Waals surface area contributed by atoms with Crippen molar-refractivity contribution in [1.82, 2.24) is 14.9 Å². The summed E-state index contributed by atoms with van der Waals surface area (Å²) in [6.45, 7) is 2.81. The minimum Gasteiger partial charge on any atom is -0.497 e. The number of pyridine rings is 2. The summed E-state index contributed by atoms with van der Waals surface area (Å²) in [5, 5.41) is 33.3. The molecule has 35 heavy (non-hydrogen) atoms. The number of benzene rings is 1. The minimum atomic E-state index is -0.758. The predicted molar refractivity (Wildman–Crippen MR) is 139 cm³/mol. The fourth-order valence-electron chi connectivity index (χ4n) is 4.92. The smallest absolute Gasteiger partial charge is 0.119 e. The maximum Gasteiger partial charge on any atom is 0.119 e. The van der Waals surface area contributed by atoms with Crippen molar-refractivity contribution in [2.24, 2.45) is 5.41 Å². The highest BCUT2D eigenvalue weighted by atomic mass is 32.2. The third kappa shape index (κ3) is 6.32. The lowest BCUT2D eigenvalue weighted by molar-refractivity contribution is 0.0252. The number of hydrogen-bond acceptors (Lipinski definition) is 8. The molecule has 1 atom stereocenters. The standard InChI is InChI=1S/C27H35N3O4S/c1-34-21-5-6-23-22(16-21)26(20(18-31)17-29-23)24(33)7-8-27(19-32)9-12-30(13-10-27)14-15-35-25-4-2-3-11-28-25/h2-6,11,16-17,24,31-33H,7-10,12-15,18-19H2,1H3/t24-/m0/s1. The summed E-state index contributed by atoms with van der Waals surface area (Å²) in [6, 6.07) is 11.5.